The average molecular weight is 458 g/mol. The van der Waals surface area contributed by atoms with Crippen LogP contribution in [0.25, 0.3) is 0 Å². The molecule has 1 atom stereocenters. The van der Waals surface area contributed by atoms with E-state index in [1.54, 1.807) is 12.1 Å². The Kier molecular flexibility index (Phi) is 4.38. The molecule has 0 heterocycles. The van der Waals surface area contributed by atoms with E-state index in [1.807, 2.05) is 0 Å². The van der Waals surface area contributed by atoms with E-state index in [0.29, 0.717) is 0 Å². The Morgan fingerprint density at radius 3 is 2.07 bits per heavy atom. The van der Waals surface area contributed by atoms with E-state index in [9.17, 15) is 13.2 Å². The Morgan fingerprint density at radius 2 is 1.71 bits per heavy atom. The van der Waals surface area contributed by atoms with Crippen molar-refractivity contribution in [2.24, 2.45) is 0 Å². The molecule has 6 heteroatoms. The normalized spacial score (nSPS) is 13.9. The van der Waals surface area contributed by atoms with Gasteiger partial charge in [0.1, 0.15) is 0 Å². The fraction of sp³-hybridized carbons (Fsp3) is 0.250. The van der Waals surface area contributed by atoms with Gasteiger partial charge in [-0.05, 0) is 0 Å². The summed E-state index contributed by atoms with van der Waals surface area (Å²) in [6.45, 7) is 0. The van der Waals surface area contributed by atoms with Gasteiger partial charge in [-0.15, -0.1) is 0 Å². The third-order valence-corrected chi connectivity index (χ3v) is 3.19. The number of halogens is 4. The summed E-state index contributed by atoms with van der Waals surface area (Å²) in [5, 5.41) is 0. The molecule has 0 radical (unpaired) electrons. The van der Waals surface area contributed by atoms with E-state index in [1.165, 1.54) is 12.1 Å². The second-order valence-corrected chi connectivity index (χ2v) is 4.58. The summed E-state index contributed by atoms with van der Waals surface area (Å²) in [5.74, 6) is 0. The summed E-state index contributed by atoms with van der Waals surface area (Å²) in [7, 11) is 0. The summed E-state index contributed by atoms with van der Waals surface area (Å²) < 4.78 is 42.5. The van der Waals surface area contributed by atoms with Crippen LogP contribution in [0, 0.1) is 0 Å². The molecule has 0 N–H and O–H groups in total. The summed E-state index contributed by atoms with van der Waals surface area (Å²) in [4.78, 5) is 0. The van der Waals surface area contributed by atoms with Crippen molar-refractivity contribution in [1.29, 1.82) is 0 Å². The van der Waals surface area contributed by atoms with E-state index in [2.05, 4.69) is 18.6 Å². The predicted octanol–water partition coefficient (Wildman–Crippen LogP) is 3.15. The van der Waals surface area contributed by atoms with Crippen molar-refractivity contribution in [3.05, 3.63) is 34.3 Å². The molecule has 0 amide bonds. The zero-order valence-electron chi connectivity index (χ0n) is 6.88. The fourth-order valence-electron chi connectivity index (χ4n) is 0.982. The third kappa shape index (κ3) is 3.20. The molecule has 1 unspecified atom stereocenters. The number of hydrogen-bond donors (Lipinski definition) is 0. The van der Waals surface area contributed by atoms with Gasteiger partial charge in [-0.25, -0.2) is 0 Å². The van der Waals surface area contributed by atoms with Gasteiger partial charge in [0.05, 0.1) is 0 Å². The maximum absolute atomic E-state index is 12.4. The summed E-state index contributed by atoms with van der Waals surface area (Å²) in [6, 6.07) is 5.95. The van der Waals surface area contributed by atoms with Crippen molar-refractivity contribution in [2.45, 2.75) is 12.3 Å². The Morgan fingerprint density at radius 1 is 1.21 bits per heavy atom. The molecule has 0 aliphatic carbocycles. The molecule has 0 spiro atoms. The first-order valence-corrected chi connectivity index (χ1v) is 6.25. The summed E-state index contributed by atoms with van der Waals surface area (Å²) >= 11 is 3.01. The van der Waals surface area contributed by atoms with Crippen molar-refractivity contribution in [3.8, 4) is 0 Å². The number of benzene rings is 1. The van der Waals surface area contributed by atoms with Crippen LogP contribution in [0.1, 0.15) is 11.7 Å². The first-order valence-electron chi connectivity index (χ1n) is 3.63. The topological polar surface area (TPSA) is 9.23 Å². The SMILES string of the molecule is FC(F)(F)C([O][Tl])c1ccc(Br)cc1. The van der Waals surface area contributed by atoms with Crippen LogP contribution in [0.15, 0.2) is 28.7 Å². The fourth-order valence-corrected chi connectivity index (χ4v) is 2.46. The van der Waals surface area contributed by atoms with Crippen LogP contribution in [0.4, 0.5) is 13.2 Å². The molecule has 0 aromatic heterocycles. The van der Waals surface area contributed by atoms with Crippen LogP contribution in [0.3, 0.4) is 0 Å². The second kappa shape index (κ2) is 4.93. The molecule has 0 saturated carbocycles. The van der Waals surface area contributed by atoms with Crippen LogP contribution in [0.5, 0.6) is 0 Å². The molecular weight excluding hydrogens is 453 g/mol. The Bertz CT molecular complexity index is 298. The van der Waals surface area contributed by atoms with Gasteiger partial charge in [0, 0.05) is 0 Å². The molecule has 1 rings (SSSR count). The Hall–Kier alpha value is 0.372. The molecule has 0 saturated heterocycles. The third-order valence-electron chi connectivity index (χ3n) is 1.61. The minimum absolute atomic E-state index is 0.142. The van der Waals surface area contributed by atoms with E-state index in [4.69, 9.17) is 0 Å². The summed E-state index contributed by atoms with van der Waals surface area (Å²) in [5.41, 5.74) is 0.142. The quantitative estimate of drug-likeness (QED) is 0.619. The van der Waals surface area contributed by atoms with Gasteiger partial charge in [-0.2, -0.15) is 0 Å². The Labute approximate surface area is 104 Å². The molecule has 0 aliphatic heterocycles. The molecule has 1 aromatic carbocycles. The van der Waals surface area contributed by atoms with E-state index < -0.39 is 12.3 Å². The van der Waals surface area contributed by atoms with Crippen molar-refractivity contribution < 1.29 is 15.9 Å². The standard InChI is InChI=1S/C8H5BrF3O.Tl/c9-6-3-1-5(2-4-6)7(13)8(10,11)12;/h1-4,7H;/q-1;+1. The molecule has 1 aromatic rings. The Balaban J connectivity index is 2.96. The second-order valence-electron chi connectivity index (χ2n) is 2.61. The van der Waals surface area contributed by atoms with Crippen molar-refractivity contribution in [2.75, 3.05) is 0 Å². The first kappa shape index (κ1) is 12.4. The molecule has 74 valence electrons. The number of alkyl halides is 3. The molecule has 0 fully saturated rings. The molecule has 14 heavy (non-hydrogen) atoms. The average Bonchev–Trinajstić information content (AvgIpc) is 2.07. The first-order chi connectivity index (χ1) is 6.45. The summed E-state index contributed by atoms with van der Waals surface area (Å²) in [6.07, 6.45) is -6.11. The van der Waals surface area contributed by atoms with Crippen LogP contribution in [-0.4, -0.2) is 32.4 Å². The molecule has 0 bridgehead atoms. The van der Waals surface area contributed by atoms with Gasteiger partial charge < -0.3 is 0 Å². The van der Waals surface area contributed by atoms with Gasteiger partial charge in [0.25, 0.3) is 0 Å². The maximum atomic E-state index is 12.4. The van der Waals surface area contributed by atoms with E-state index >= 15 is 0 Å². The zero-order valence-corrected chi connectivity index (χ0v) is 13.0. The van der Waals surface area contributed by atoms with Gasteiger partial charge in [0.15, 0.2) is 0 Å². The number of hydrogen-bond acceptors (Lipinski definition) is 1. The van der Waals surface area contributed by atoms with E-state index in [0.717, 1.165) is 4.47 Å². The van der Waals surface area contributed by atoms with Gasteiger partial charge in [0.2, 0.25) is 0 Å². The van der Waals surface area contributed by atoms with Crippen molar-refractivity contribution in [3.63, 3.8) is 0 Å². The molecule has 1 nitrogen and oxygen atoms in total. The van der Waals surface area contributed by atoms with E-state index in [-0.39, 0.29) is 31.8 Å². The van der Waals surface area contributed by atoms with Crippen LogP contribution in [0.2, 0.25) is 0 Å². The van der Waals surface area contributed by atoms with Gasteiger partial charge >= 0.3 is 105 Å². The van der Waals surface area contributed by atoms with Crippen LogP contribution in [-0.2, 0) is 2.69 Å². The monoisotopic (exact) mass is 458 g/mol. The van der Waals surface area contributed by atoms with Gasteiger partial charge in [-0.1, -0.05) is 0 Å². The zero-order chi connectivity index (χ0) is 10.8. The predicted molar refractivity (Wildman–Crippen MR) is 49.8 cm³/mol. The van der Waals surface area contributed by atoms with Crippen molar-refractivity contribution >= 4 is 42.1 Å². The van der Waals surface area contributed by atoms with Crippen LogP contribution < -0.4 is 0 Å². The van der Waals surface area contributed by atoms with Crippen molar-refractivity contribution in [1.82, 2.24) is 0 Å². The van der Waals surface area contributed by atoms with Crippen LogP contribution >= 0.6 is 15.9 Å². The molecular formula is C8H5BrF3OTl. The minimum atomic E-state index is -4.33. The molecule has 0 aliphatic rings. The van der Waals surface area contributed by atoms with Gasteiger partial charge in [-0.3, -0.25) is 0 Å². The number of rotatable bonds is 2.